The summed E-state index contributed by atoms with van der Waals surface area (Å²) >= 11 is 0. The molecule has 5 nitrogen and oxygen atoms in total. The van der Waals surface area contributed by atoms with Crippen LogP contribution in [0, 0.1) is 6.92 Å². The molecule has 0 aromatic carbocycles. The number of hydrogen-bond donors (Lipinski definition) is 1. The summed E-state index contributed by atoms with van der Waals surface area (Å²) in [5.74, 6) is -0.0269. The number of hydrogen-bond acceptors (Lipinski definition) is 3. The molecule has 1 aliphatic heterocycles. The third kappa shape index (κ3) is 1.77. The zero-order chi connectivity index (χ0) is 11.7. The Hall–Kier alpha value is -1.52. The fourth-order valence-electron chi connectivity index (χ4n) is 2.03. The molecule has 1 amide bonds. The number of carbonyl (C=O) groups is 1. The summed E-state index contributed by atoms with van der Waals surface area (Å²) in [5.41, 5.74) is 7.64. The van der Waals surface area contributed by atoms with Crippen LogP contribution >= 0.6 is 0 Å². The first-order valence-electron chi connectivity index (χ1n) is 5.69. The van der Waals surface area contributed by atoms with Gasteiger partial charge >= 0.3 is 0 Å². The van der Waals surface area contributed by atoms with E-state index in [4.69, 9.17) is 5.73 Å². The summed E-state index contributed by atoms with van der Waals surface area (Å²) in [5, 5.41) is 4.19. The van der Waals surface area contributed by atoms with Crippen molar-refractivity contribution < 1.29 is 4.79 Å². The van der Waals surface area contributed by atoms with Crippen LogP contribution in [-0.4, -0.2) is 33.7 Å². The van der Waals surface area contributed by atoms with Gasteiger partial charge in [-0.3, -0.25) is 9.48 Å². The molecule has 0 radical (unpaired) electrons. The quantitative estimate of drug-likeness (QED) is 0.769. The topological polar surface area (TPSA) is 64.2 Å². The van der Waals surface area contributed by atoms with Gasteiger partial charge in [-0.1, -0.05) is 0 Å². The maximum Gasteiger partial charge on any atom is 0.276 e. The van der Waals surface area contributed by atoms with E-state index < -0.39 is 0 Å². The van der Waals surface area contributed by atoms with Crippen LogP contribution in [0.5, 0.6) is 0 Å². The molecule has 0 spiro atoms. The van der Waals surface area contributed by atoms with Gasteiger partial charge in [-0.2, -0.15) is 5.10 Å². The van der Waals surface area contributed by atoms with Gasteiger partial charge in [-0.15, -0.1) is 0 Å². The Balaban J connectivity index is 2.22. The van der Waals surface area contributed by atoms with Crippen molar-refractivity contribution in [1.29, 1.82) is 0 Å². The number of aromatic nitrogens is 2. The lowest BCUT2D eigenvalue weighted by atomic mass is 10.1. The Kier molecular flexibility index (Phi) is 2.85. The largest absolute Gasteiger partial charge is 0.395 e. The average molecular weight is 222 g/mol. The van der Waals surface area contributed by atoms with Crippen molar-refractivity contribution in [3.63, 3.8) is 0 Å². The molecule has 2 heterocycles. The summed E-state index contributed by atoms with van der Waals surface area (Å²) in [7, 11) is 1.80. The Bertz CT molecular complexity index is 404. The van der Waals surface area contributed by atoms with Crippen LogP contribution in [0.25, 0.3) is 0 Å². The van der Waals surface area contributed by atoms with Gasteiger partial charge in [0, 0.05) is 20.1 Å². The molecule has 1 fully saturated rings. The zero-order valence-corrected chi connectivity index (χ0v) is 9.86. The first kappa shape index (κ1) is 11.0. The van der Waals surface area contributed by atoms with Gasteiger partial charge in [0.2, 0.25) is 0 Å². The molecular weight excluding hydrogens is 204 g/mol. The molecule has 1 saturated heterocycles. The van der Waals surface area contributed by atoms with E-state index in [1.54, 1.807) is 11.7 Å². The fourth-order valence-corrected chi connectivity index (χ4v) is 2.03. The number of nitrogen functional groups attached to an aromatic ring is 1. The molecule has 0 atom stereocenters. The molecule has 0 unspecified atom stereocenters. The summed E-state index contributed by atoms with van der Waals surface area (Å²) in [6.07, 6.45) is 3.37. The highest BCUT2D eigenvalue weighted by Crippen LogP contribution is 2.19. The summed E-state index contributed by atoms with van der Waals surface area (Å²) < 4.78 is 1.66. The minimum absolute atomic E-state index is 0.0269. The minimum Gasteiger partial charge on any atom is -0.395 e. The van der Waals surface area contributed by atoms with Gasteiger partial charge in [-0.05, 0) is 26.2 Å². The first-order chi connectivity index (χ1) is 7.61. The Morgan fingerprint density at radius 3 is 2.44 bits per heavy atom. The van der Waals surface area contributed by atoms with E-state index >= 15 is 0 Å². The number of amides is 1. The Labute approximate surface area is 95.2 Å². The lowest BCUT2D eigenvalue weighted by Crippen LogP contribution is -2.36. The van der Waals surface area contributed by atoms with Crippen LogP contribution in [-0.2, 0) is 7.05 Å². The molecule has 16 heavy (non-hydrogen) atoms. The van der Waals surface area contributed by atoms with Gasteiger partial charge < -0.3 is 10.6 Å². The standard InChI is InChI=1S/C11H18N4O/c1-8-9(12)10(13-14(8)2)11(16)15-6-4-3-5-7-15/h3-7,12H2,1-2H3. The zero-order valence-electron chi connectivity index (χ0n) is 9.86. The van der Waals surface area contributed by atoms with Crippen LogP contribution in [0.1, 0.15) is 35.4 Å². The van der Waals surface area contributed by atoms with E-state index in [1.165, 1.54) is 6.42 Å². The first-order valence-corrected chi connectivity index (χ1v) is 5.69. The van der Waals surface area contributed by atoms with Gasteiger partial charge in [-0.25, -0.2) is 0 Å². The molecule has 1 aromatic rings. The molecule has 1 aliphatic rings. The van der Waals surface area contributed by atoms with E-state index in [9.17, 15) is 4.79 Å². The highest BCUT2D eigenvalue weighted by atomic mass is 16.2. The van der Waals surface area contributed by atoms with Crippen LogP contribution in [0.4, 0.5) is 5.69 Å². The van der Waals surface area contributed by atoms with Crippen molar-refractivity contribution in [2.24, 2.45) is 7.05 Å². The monoisotopic (exact) mass is 222 g/mol. The van der Waals surface area contributed by atoms with Crippen LogP contribution in [0.3, 0.4) is 0 Å². The third-order valence-electron chi connectivity index (χ3n) is 3.23. The predicted octanol–water partition coefficient (Wildman–Crippen LogP) is 0.937. The molecule has 2 N–H and O–H groups in total. The van der Waals surface area contributed by atoms with Gasteiger partial charge in [0.05, 0.1) is 11.4 Å². The van der Waals surface area contributed by atoms with Crippen LogP contribution in [0.2, 0.25) is 0 Å². The molecule has 0 saturated carbocycles. The van der Waals surface area contributed by atoms with E-state index in [-0.39, 0.29) is 5.91 Å². The number of nitrogens with zero attached hydrogens (tertiary/aromatic N) is 3. The number of nitrogens with two attached hydrogens (primary N) is 1. The van der Waals surface area contributed by atoms with Crippen molar-refractivity contribution in [3.8, 4) is 0 Å². The summed E-state index contributed by atoms with van der Waals surface area (Å²) in [6.45, 7) is 3.52. The van der Waals surface area contributed by atoms with Gasteiger partial charge in [0.15, 0.2) is 5.69 Å². The van der Waals surface area contributed by atoms with Crippen molar-refractivity contribution in [3.05, 3.63) is 11.4 Å². The van der Waals surface area contributed by atoms with Crippen molar-refractivity contribution in [1.82, 2.24) is 14.7 Å². The van der Waals surface area contributed by atoms with Gasteiger partial charge in [0.1, 0.15) is 0 Å². The second-order valence-electron chi connectivity index (χ2n) is 4.32. The number of anilines is 1. The molecule has 5 heteroatoms. The predicted molar refractivity (Wildman–Crippen MR) is 62.1 cm³/mol. The SMILES string of the molecule is Cc1c(N)c(C(=O)N2CCCCC2)nn1C. The van der Waals surface area contributed by atoms with E-state index in [0.29, 0.717) is 11.4 Å². The summed E-state index contributed by atoms with van der Waals surface area (Å²) in [4.78, 5) is 14.0. The van der Waals surface area contributed by atoms with Crippen LogP contribution in [0.15, 0.2) is 0 Å². The average Bonchev–Trinajstić information content (AvgIpc) is 2.57. The molecule has 1 aromatic heterocycles. The molecule has 88 valence electrons. The minimum atomic E-state index is -0.0269. The Morgan fingerprint density at radius 2 is 1.94 bits per heavy atom. The third-order valence-corrected chi connectivity index (χ3v) is 3.23. The normalized spacial score (nSPS) is 16.5. The highest BCUT2D eigenvalue weighted by molar-refractivity contribution is 5.97. The number of aryl methyl sites for hydroxylation is 1. The maximum atomic E-state index is 12.2. The van der Waals surface area contributed by atoms with Crippen LogP contribution < -0.4 is 5.73 Å². The van der Waals surface area contributed by atoms with Gasteiger partial charge in [0.25, 0.3) is 5.91 Å². The number of likely N-dealkylation sites (tertiary alicyclic amines) is 1. The van der Waals surface area contributed by atoms with E-state index in [2.05, 4.69) is 5.10 Å². The fraction of sp³-hybridized carbons (Fsp3) is 0.636. The summed E-state index contributed by atoms with van der Waals surface area (Å²) in [6, 6.07) is 0. The maximum absolute atomic E-state index is 12.2. The van der Waals surface area contributed by atoms with E-state index in [1.807, 2.05) is 11.8 Å². The van der Waals surface area contributed by atoms with E-state index in [0.717, 1.165) is 31.6 Å². The smallest absolute Gasteiger partial charge is 0.276 e. The number of piperidine rings is 1. The lowest BCUT2D eigenvalue weighted by Gasteiger charge is -2.25. The highest BCUT2D eigenvalue weighted by Gasteiger charge is 2.24. The second-order valence-corrected chi connectivity index (χ2v) is 4.32. The number of carbonyl (C=O) groups excluding carboxylic acids is 1. The van der Waals surface area contributed by atoms with Crippen molar-refractivity contribution in [2.45, 2.75) is 26.2 Å². The van der Waals surface area contributed by atoms with Crippen molar-refractivity contribution in [2.75, 3.05) is 18.8 Å². The second kappa shape index (κ2) is 4.15. The Morgan fingerprint density at radius 1 is 1.31 bits per heavy atom. The molecule has 0 aliphatic carbocycles. The molecule has 2 rings (SSSR count). The number of rotatable bonds is 1. The molecular formula is C11H18N4O. The molecule has 0 bridgehead atoms. The lowest BCUT2D eigenvalue weighted by molar-refractivity contribution is 0.0718. The van der Waals surface area contributed by atoms with Crippen molar-refractivity contribution >= 4 is 11.6 Å².